The van der Waals surface area contributed by atoms with Crippen molar-refractivity contribution in [1.29, 1.82) is 0 Å². The smallest absolute Gasteiger partial charge is 0.0967 e. The Kier molecular flexibility index (Phi) is 25.9. The molecule has 0 aliphatic carbocycles. The highest BCUT2D eigenvalue weighted by molar-refractivity contribution is 6.40. The van der Waals surface area contributed by atoms with Gasteiger partial charge < -0.3 is 23.7 Å². The normalized spacial score (nSPS) is 10.0. The van der Waals surface area contributed by atoms with E-state index in [0.29, 0.717) is 52.9 Å². The van der Waals surface area contributed by atoms with Gasteiger partial charge in [-0.3, -0.25) is 0 Å². The summed E-state index contributed by atoms with van der Waals surface area (Å²) in [6.45, 7) is 4.87. The summed E-state index contributed by atoms with van der Waals surface area (Å²) in [4.78, 5) is 0. The van der Waals surface area contributed by atoms with Gasteiger partial charge in [-0.05, 0) is 0 Å². The second kappa shape index (κ2) is 22.6. The molecule has 7 heteroatoms. The van der Waals surface area contributed by atoms with Crippen LogP contribution in [0.1, 0.15) is 0 Å². The molecule has 0 aliphatic heterocycles. The van der Waals surface area contributed by atoms with Crippen LogP contribution in [0.25, 0.3) is 0 Å². The second-order valence-corrected chi connectivity index (χ2v) is 3.73. The van der Waals surface area contributed by atoms with Gasteiger partial charge in [-0.25, -0.2) is 0 Å². The summed E-state index contributed by atoms with van der Waals surface area (Å²) in [6, 6.07) is 0. The lowest BCUT2D eigenvalue weighted by molar-refractivity contribution is -0.00380. The first-order valence-electron chi connectivity index (χ1n) is 5.66. The fourth-order valence-corrected chi connectivity index (χ4v) is 0.826. The molecule has 0 aromatic heterocycles. The zero-order valence-corrected chi connectivity index (χ0v) is 12.7. The van der Waals surface area contributed by atoms with Crippen LogP contribution in [-0.2, 0) is 23.7 Å². The average molecular weight is 307 g/mol. The first kappa shape index (κ1) is 20.7. The van der Waals surface area contributed by atoms with Gasteiger partial charge in [0.25, 0.3) is 0 Å². The van der Waals surface area contributed by atoms with Gasteiger partial charge in [-0.2, -0.15) is 0 Å². The Morgan fingerprint density at radius 3 is 1.00 bits per heavy atom. The van der Waals surface area contributed by atoms with Crippen LogP contribution in [0.5, 0.6) is 0 Å². The number of methoxy groups -OCH3 is 2. The minimum atomic E-state index is 0.194. The molecule has 0 spiro atoms. The Morgan fingerprint density at radius 1 is 0.556 bits per heavy atom. The third kappa shape index (κ3) is 25.3. The van der Waals surface area contributed by atoms with Gasteiger partial charge in [-0.15, -0.1) is 23.2 Å². The molecule has 0 aromatic carbocycles. The van der Waals surface area contributed by atoms with E-state index in [1.54, 1.807) is 14.2 Å². The molecule has 0 aromatic rings. The van der Waals surface area contributed by atoms with Gasteiger partial charge in [0.05, 0.1) is 58.2 Å². The number of hydrogen-bond donors (Lipinski definition) is 0. The van der Waals surface area contributed by atoms with Crippen LogP contribution in [0.3, 0.4) is 0 Å². The van der Waals surface area contributed by atoms with Crippen molar-refractivity contribution >= 4 is 23.2 Å². The highest BCUT2D eigenvalue weighted by atomic mass is 35.5. The van der Waals surface area contributed by atoms with Crippen LogP contribution < -0.4 is 0 Å². The Bertz CT molecular complexity index is 118. The molecular formula is C11H24Cl2O5. The van der Waals surface area contributed by atoms with Crippen LogP contribution in [0, 0.1) is 0 Å². The Hall–Kier alpha value is 0.380. The van der Waals surface area contributed by atoms with E-state index >= 15 is 0 Å². The van der Waals surface area contributed by atoms with Gasteiger partial charge in [-0.1, -0.05) is 0 Å². The quantitative estimate of drug-likeness (QED) is 0.406. The lowest BCUT2D eigenvalue weighted by Gasteiger charge is -2.06. The van der Waals surface area contributed by atoms with E-state index in [4.69, 9.17) is 46.9 Å². The summed E-state index contributed by atoms with van der Waals surface area (Å²) < 4.78 is 25.3. The third-order valence-electron chi connectivity index (χ3n) is 1.61. The molecule has 0 rings (SSSR count). The minimum absolute atomic E-state index is 0.194. The molecule has 0 unspecified atom stereocenters. The molecule has 0 atom stereocenters. The molecule has 112 valence electrons. The monoisotopic (exact) mass is 306 g/mol. The predicted molar refractivity (Wildman–Crippen MR) is 72.8 cm³/mol. The number of halogens is 2. The van der Waals surface area contributed by atoms with E-state index < -0.39 is 0 Å². The van der Waals surface area contributed by atoms with Crippen molar-refractivity contribution in [2.45, 2.75) is 0 Å². The summed E-state index contributed by atoms with van der Waals surface area (Å²) in [6.07, 6.45) is 0. The van der Waals surface area contributed by atoms with Crippen LogP contribution >= 0.6 is 23.2 Å². The molecule has 0 saturated carbocycles. The maximum atomic E-state index is 5.26. The average Bonchev–Trinajstić information content (AvgIpc) is 2.37. The summed E-state index contributed by atoms with van der Waals surface area (Å²) in [5.74, 6) is 0. The van der Waals surface area contributed by atoms with Crippen LogP contribution in [0.15, 0.2) is 0 Å². The highest BCUT2D eigenvalue weighted by Gasteiger charge is 1.91. The molecule has 0 aliphatic rings. The van der Waals surface area contributed by atoms with Crippen molar-refractivity contribution in [3.63, 3.8) is 0 Å². The van der Waals surface area contributed by atoms with E-state index in [0.717, 1.165) is 0 Å². The van der Waals surface area contributed by atoms with Gasteiger partial charge in [0.15, 0.2) is 0 Å². The van der Waals surface area contributed by atoms with Crippen LogP contribution in [0.4, 0.5) is 0 Å². The Morgan fingerprint density at radius 2 is 0.778 bits per heavy atom. The molecule has 5 nitrogen and oxygen atoms in total. The molecular weight excluding hydrogens is 283 g/mol. The summed E-state index contributed by atoms with van der Waals surface area (Å²) in [5, 5.41) is 0.194. The molecule has 0 heterocycles. The molecule has 0 amide bonds. The topological polar surface area (TPSA) is 46.2 Å². The molecule has 0 radical (unpaired) electrons. The largest absolute Gasteiger partial charge is 0.382 e. The van der Waals surface area contributed by atoms with Crippen LogP contribution in [0.2, 0.25) is 0 Å². The lowest BCUT2D eigenvalue weighted by atomic mass is 10.7. The summed E-state index contributed by atoms with van der Waals surface area (Å²) in [7, 11) is 3.30. The van der Waals surface area contributed by atoms with Gasteiger partial charge in [0.2, 0.25) is 0 Å². The van der Waals surface area contributed by atoms with Gasteiger partial charge in [0.1, 0.15) is 0 Å². The Labute approximate surface area is 120 Å². The van der Waals surface area contributed by atoms with Crippen LogP contribution in [-0.4, -0.2) is 72.4 Å². The molecule has 0 fully saturated rings. The van der Waals surface area contributed by atoms with Crippen molar-refractivity contribution < 1.29 is 23.7 Å². The molecule has 18 heavy (non-hydrogen) atoms. The molecule has 0 saturated heterocycles. The second-order valence-electron chi connectivity index (χ2n) is 2.92. The third-order valence-corrected chi connectivity index (χ3v) is 1.61. The number of alkyl halides is 2. The number of hydrogen-bond acceptors (Lipinski definition) is 5. The van der Waals surface area contributed by atoms with E-state index in [9.17, 15) is 0 Å². The van der Waals surface area contributed by atoms with Crippen molar-refractivity contribution in [2.75, 3.05) is 72.4 Å². The van der Waals surface area contributed by atoms with Crippen molar-refractivity contribution in [1.82, 2.24) is 0 Å². The minimum Gasteiger partial charge on any atom is -0.382 e. The van der Waals surface area contributed by atoms with Gasteiger partial charge in [0, 0.05) is 14.2 Å². The standard InChI is InChI=1S/C10H22O5.CH2Cl2/c1-11-3-5-13-7-9-15-10-8-14-6-4-12-2;2-1-3/h3-10H2,1-2H3;1H2. The SMILES string of the molecule is COCCOCCOCCOCCOC.ClCCl. The first-order chi connectivity index (χ1) is 8.83. The maximum absolute atomic E-state index is 5.26. The van der Waals surface area contributed by atoms with E-state index in [2.05, 4.69) is 0 Å². The van der Waals surface area contributed by atoms with E-state index in [-0.39, 0.29) is 5.34 Å². The fraction of sp³-hybridized carbons (Fsp3) is 1.00. The van der Waals surface area contributed by atoms with Crippen molar-refractivity contribution in [3.05, 3.63) is 0 Å². The van der Waals surface area contributed by atoms with E-state index in [1.165, 1.54) is 0 Å². The number of rotatable bonds is 12. The molecule has 0 N–H and O–H groups in total. The summed E-state index contributed by atoms with van der Waals surface area (Å²) >= 11 is 9.53. The summed E-state index contributed by atoms with van der Waals surface area (Å²) in [5.41, 5.74) is 0. The van der Waals surface area contributed by atoms with E-state index in [1.807, 2.05) is 0 Å². The zero-order valence-electron chi connectivity index (χ0n) is 11.2. The maximum Gasteiger partial charge on any atom is 0.0967 e. The predicted octanol–water partition coefficient (Wildman–Crippen LogP) is 1.75. The Balaban J connectivity index is 0. The van der Waals surface area contributed by atoms with Gasteiger partial charge >= 0.3 is 0 Å². The van der Waals surface area contributed by atoms with Crippen molar-refractivity contribution in [2.24, 2.45) is 0 Å². The lowest BCUT2D eigenvalue weighted by Crippen LogP contribution is -2.12. The molecule has 0 bridgehead atoms. The first-order valence-corrected chi connectivity index (χ1v) is 6.73. The zero-order chi connectivity index (χ0) is 13.9. The highest BCUT2D eigenvalue weighted by Crippen LogP contribution is 1.82. The van der Waals surface area contributed by atoms with Crippen molar-refractivity contribution in [3.8, 4) is 0 Å². The number of ether oxygens (including phenoxy) is 5. The fourth-order valence-electron chi connectivity index (χ4n) is 0.826.